The van der Waals surface area contributed by atoms with E-state index >= 15 is 0 Å². The third-order valence-electron chi connectivity index (χ3n) is 5.98. The highest BCUT2D eigenvalue weighted by Gasteiger charge is 2.58. The molecule has 29 heavy (non-hydrogen) atoms. The maximum atomic E-state index is 13.6. The van der Waals surface area contributed by atoms with E-state index in [1.807, 2.05) is 12.1 Å². The molecule has 154 valence electrons. The number of hydrogen-bond donors (Lipinski definition) is 1. The Balaban J connectivity index is 1.39. The summed E-state index contributed by atoms with van der Waals surface area (Å²) >= 11 is 5.86. The van der Waals surface area contributed by atoms with Gasteiger partial charge in [-0.15, -0.1) is 0 Å². The minimum absolute atomic E-state index is 0.0296. The van der Waals surface area contributed by atoms with Gasteiger partial charge in [-0.2, -0.15) is 0 Å². The molecule has 0 radical (unpaired) electrons. The Morgan fingerprint density at radius 1 is 1.24 bits per heavy atom. The van der Waals surface area contributed by atoms with E-state index in [1.54, 1.807) is 29.2 Å². The zero-order valence-electron chi connectivity index (χ0n) is 15.9. The lowest BCUT2D eigenvalue weighted by Gasteiger charge is -2.38. The molecule has 7 heteroatoms. The summed E-state index contributed by atoms with van der Waals surface area (Å²) in [5.74, 6) is -0.407. The van der Waals surface area contributed by atoms with Crippen molar-refractivity contribution in [2.24, 2.45) is 0 Å². The van der Waals surface area contributed by atoms with Crippen LogP contribution >= 0.6 is 11.6 Å². The largest absolute Gasteiger partial charge is 0.422 e. The molecule has 0 spiro atoms. The second-order valence-electron chi connectivity index (χ2n) is 7.67. The van der Waals surface area contributed by atoms with Crippen LogP contribution < -0.4 is 0 Å². The monoisotopic (exact) mass is 419 g/mol. The molecule has 2 aliphatic rings. The first-order chi connectivity index (χ1) is 14.0. The first-order valence-corrected chi connectivity index (χ1v) is 10.1. The van der Waals surface area contributed by atoms with Crippen LogP contribution in [-0.4, -0.2) is 34.5 Å². The molecule has 0 aliphatic carbocycles. The lowest BCUT2D eigenvalue weighted by atomic mass is 9.80. The fourth-order valence-electron chi connectivity index (χ4n) is 4.59. The molecule has 1 N–H and O–H groups in total. The molecule has 0 saturated carbocycles. The molecular formula is C22H23ClFNO4. The molecule has 1 atom stereocenters. The third-order valence-corrected chi connectivity index (χ3v) is 6.24. The molecule has 2 aromatic rings. The average Bonchev–Trinajstić information content (AvgIpc) is 3.29. The van der Waals surface area contributed by atoms with Crippen LogP contribution in [0, 0.1) is 5.82 Å². The minimum atomic E-state index is -0.965. The summed E-state index contributed by atoms with van der Waals surface area (Å²) < 4.78 is 24.4. The van der Waals surface area contributed by atoms with Crippen LogP contribution in [0.2, 0.25) is 5.02 Å². The Bertz CT molecular complexity index is 867. The summed E-state index contributed by atoms with van der Waals surface area (Å²) in [7, 11) is 0. The van der Waals surface area contributed by atoms with E-state index in [9.17, 15) is 14.3 Å². The molecule has 2 aromatic carbocycles. The topological polar surface area (TPSA) is 59.0 Å². The van der Waals surface area contributed by atoms with Crippen molar-refractivity contribution < 1.29 is 23.8 Å². The van der Waals surface area contributed by atoms with Gasteiger partial charge < -0.3 is 14.6 Å². The summed E-state index contributed by atoms with van der Waals surface area (Å²) in [6, 6.07) is 13.2. The van der Waals surface area contributed by atoms with Gasteiger partial charge in [0.1, 0.15) is 11.9 Å². The number of aliphatic hydroxyl groups excluding tert-OH is 1. The molecule has 2 aliphatic heterocycles. The van der Waals surface area contributed by atoms with Crippen LogP contribution in [0.3, 0.4) is 0 Å². The van der Waals surface area contributed by atoms with Crippen LogP contribution in [0.1, 0.15) is 42.9 Å². The summed E-state index contributed by atoms with van der Waals surface area (Å²) in [5, 5.41) is 11.7. The summed E-state index contributed by atoms with van der Waals surface area (Å²) in [4.78, 5) is 14.4. The second-order valence-corrected chi connectivity index (χ2v) is 8.10. The van der Waals surface area contributed by atoms with E-state index in [2.05, 4.69) is 0 Å². The zero-order chi connectivity index (χ0) is 20.4. The fourth-order valence-corrected chi connectivity index (χ4v) is 4.72. The maximum Gasteiger partial charge on any atom is 0.412 e. The van der Waals surface area contributed by atoms with Gasteiger partial charge in [0.25, 0.3) is 0 Å². The smallest absolute Gasteiger partial charge is 0.412 e. The molecule has 0 aromatic heterocycles. The normalized spacial score (nSPS) is 24.0. The van der Waals surface area contributed by atoms with E-state index in [0.29, 0.717) is 30.0 Å². The van der Waals surface area contributed by atoms with Crippen molar-refractivity contribution in [2.75, 3.05) is 6.79 Å². The molecule has 2 fully saturated rings. The van der Waals surface area contributed by atoms with Crippen LogP contribution in [0.15, 0.2) is 48.5 Å². The maximum absolute atomic E-state index is 13.6. The van der Waals surface area contributed by atoms with Gasteiger partial charge in [0.05, 0.1) is 12.1 Å². The van der Waals surface area contributed by atoms with Gasteiger partial charge in [-0.1, -0.05) is 35.9 Å². The highest BCUT2D eigenvalue weighted by atomic mass is 35.5. The molecule has 2 saturated heterocycles. The van der Waals surface area contributed by atoms with E-state index < -0.39 is 23.6 Å². The fraction of sp³-hybridized carbons (Fsp3) is 0.409. The van der Waals surface area contributed by atoms with Gasteiger partial charge in [-0.25, -0.2) is 9.18 Å². The number of fused-ring (bicyclic) bond motifs is 2. The Morgan fingerprint density at radius 2 is 1.97 bits per heavy atom. The number of halogens is 2. The van der Waals surface area contributed by atoms with Crippen molar-refractivity contribution in [3.8, 4) is 0 Å². The molecular weight excluding hydrogens is 397 g/mol. The van der Waals surface area contributed by atoms with Gasteiger partial charge in [-0.05, 0) is 61.1 Å². The molecule has 5 nitrogen and oxygen atoms in total. The number of ether oxygens (including phenoxy) is 2. The van der Waals surface area contributed by atoms with Crippen molar-refractivity contribution in [3.63, 3.8) is 0 Å². The van der Waals surface area contributed by atoms with Crippen LogP contribution in [-0.2, 0) is 16.1 Å². The minimum Gasteiger partial charge on any atom is -0.422 e. The highest BCUT2D eigenvalue weighted by molar-refractivity contribution is 6.30. The number of aliphatic hydroxyl groups is 1. The second kappa shape index (κ2) is 8.30. The molecule has 2 heterocycles. The van der Waals surface area contributed by atoms with E-state index in [-0.39, 0.29) is 12.8 Å². The van der Waals surface area contributed by atoms with Gasteiger partial charge in [0, 0.05) is 11.1 Å². The first kappa shape index (κ1) is 20.1. The van der Waals surface area contributed by atoms with Gasteiger partial charge >= 0.3 is 6.09 Å². The summed E-state index contributed by atoms with van der Waals surface area (Å²) in [6.45, 7) is 0.113. The molecule has 1 amide bonds. The quantitative estimate of drug-likeness (QED) is 0.538. The standard InChI is InChI=1S/C22H23ClFNO4/c23-17-6-4-15(5-7-17)13-28-14-29-21(27)25-19-8-10-22(25,11-9-19)20(26)16-2-1-3-18(24)12-16/h1-7,12,19-20,26H,8-11,13-14H2/t19?,20-,22?/m1/s1. The Hall–Kier alpha value is -2.15. The van der Waals surface area contributed by atoms with Gasteiger partial charge in [-0.3, -0.25) is 4.90 Å². The molecule has 4 rings (SSSR count). The number of rotatable bonds is 6. The predicted octanol–water partition coefficient (Wildman–Crippen LogP) is 4.82. The number of amides is 1. The number of carbonyl (C=O) groups excluding carboxylic acids is 1. The van der Waals surface area contributed by atoms with Gasteiger partial charge in [0.15, 0.2) is 6.79 Å². The first-order valence-electron chi connectivity index (χ1n) is 9.71. The number of hydrogen-bond acceptors (Lipinski definition) is 4. The predicted molar refractivity (Wildman–Crippen MR) is 106 cm³/mol. The number of benzene rings is 2. The van der Waals surface area contributed by atoms with Gasteiger partial charge in [0.2, 0.25) is 0 Å². The summed E-state index contributed by atoms with van der Waals surface area (Å²) in [5.41, 5.74) is 0.639. The Morgan fingerprint density at radius 3 is 2.66 bits per heavy atom. The zero-order valence-corrected chi connectivity index (χ0v) is 16.6. The SMILES string of the molecule is O=C(OCOCc1ccc(Cl)cc1)N1C2CCC1([C@H](O)c1cccc(F)c1)CC2. The van der Waals surface area contributed by atoms with Crippen molar-refractivity contribution in [3.05, 3.63) is 70.5 Å². The van der Waals surface area contributed by atoms with E-state index in [0.717, 1.165) is 18.4 Å². The lowest BCUT2D eigenvalue weighted by Crippen LogP contribution is -2.49. The van der Waals surface area contributed by atoms with Crippen molar-refractivity contribution in [1.82, 2.24) is 4.90 Å². The lowest BCUT2D eigenvalue weighted by molar-refractivity contribution is -0.0548. The number of nitrogens with zero attached hydrogens (tertiary/aromatic N) is 1. The van der Waals surface area contributed by atoms with Crippen molar-refractivity contribution in [2.45, 2.75) is 50.0 Å². The molecule has 0 unspecified atom stereocenters. The Labute approximate surface area is 174 Å². The van der Waals surface area contributed by atoms with Crippen LogP contribution in [0.4, 0.5) is 9.18 Å². The van der Waals surface area contributed by atoms with E-state index in [1.165, 1.54) is 12.1 Å². The Kier molecular flexibility index (Phi) is 5.76. The van der Waals surface area contributed by atoms with Crippen LogP contribution in [0.5, 0.6) is 0 Å². The highest BCUT2D eigenvalue weighted by Crippen LogP contribution is 2.53. The molecule has 2 bridgehead atoms. The average molecular weight is 420 g/mol. The number of carbonyl (C=O) groups is 1. The summed E-state index contributed by atoms with van der Waals surface area (Å²) in [6.07, 6.45) is 1.46. The van der Waals surface area contributed by atoms with Crippen molar-refractivity contribution >= 4 is 17.7 Å². The van der Waals surface area contributed by atoms with E-state index in [4.69, 9.17) is 21.1 Å². The van der Waals surface area contributed by atoms with Crippen LogP contribution in [0.25, 0.3) is 0 Å². The third kappa shape index (κ3) is 3.97. The van der Waals surface area contributed by atoms with Crippen molar-refractivity contribution in [1.29, 1.82) is 0 Å².